The molecule has 8 N–H and O–H groups in total. The number of nitrogens with one attached hydrogen (secondary N) is 2. The van der Waals surface area contributed by atoms with Crippen LogP contribution in [0.5, 0.6) is 11.5 Å². The molecule has 5 unspecified atom stereocenters. The lowest BCUT2D eigenvalue weighted by atomic mass is 9.96. The molecule has 1 fully saturated rings. The maximum atomic E-state index is 14.2. The van der Waals surface area contributed by atoms with Gasteiger partial charge in [0.05, 0.1) is 46.3 Å². The van der Waals surface area contributed by atoms with Gasteiger partial charge in [0.15, 0.2) is 6.23 Å². The molecule has 2 amide bonds. The minimum absolute atomic E-state index is 0.0389. The summed E-state index contributed by atoms with van der Waals surface area (Å²) >= 11 is 1.47. The third kappa shape index (κ3) is 3.88. The van der Waals surface area contributed by atoms with E-state index in [1.165, 1.54) is 40.2 Å². The molecule has 5 heterocycles. The maximum Gasteiger partial charge on any atom is 0.276 e. The minimum atomic E-state index is -1.71. The first kappa shape index (κ1) is 28.0. The SMILES string of the molecule is O=C1c2c(c3c4ccc(O)cc4n(C4OC(CO)C(O)C(O)C4O)c3c3[nH]c4cc(O)ccc4c23)C(=O)N1NCc1cccs1. The van der Waals surface area contributed by atoms with E-state index in [2.05, 4.69) is 10.4 Å². The quantitative estimate of drug-likeness (QED) is 0.131. The second-order valence-electron chi connectivity index (χ2n) is 11.2. The lowest BCUT2D eigenvalue weighted by Crippen LogP contribution is -2.56. The first-order valence-electron chi connectivity index (χ1n) is 14.1. The number of carbonyl (C=O) groups is 2. The molecule has 2 aliphatic rings. The van der Waals surface area contributed by atoms with Gasteiger partial charge in [0.2, 0.25) is 0 Å². The van der Waals surface area contributed by atoms with E-state index in [0.29, 0.717) is 38.1 Å². The van der Waals surface area contributed by atoms with Crippen LogP contribution in [-0.2, 0) is 11.3 Å². The van der Waals surface area contributed by atoms with Crippen molar-refractivity contribution in [2.24, 2.45) is 0 Å². The highest BCUT2D eigenvalue weighted by molar-refractivity contribution is 7.09. The smallest absolute Gasteiger partial charge is 0.276 e. The van der Waals surface area contributed by atoms with Crippen molar-refractivity contribution in [2.45, 2.75) is 37.2 Å². The number of phenolic OH excluding ortho intramolecular Hbond substituents is 2. The molecular formula is C31H26N4O9S. The summed E-state index contributed by atoms with van der Waals surface area (Å²) in [4.78, 5) is 32.5. The normalized spacial score (nSPS) is 23.7. The molecule has 14 heteroatoms. The summed E-state index contributed by atoms with van der Waals surface area (Å²) in [5, 5.41) is 67.8. The number of nitrogens with zero attached hydrogens (tertiary/aromatic N) is 2. The number of imide groups is 1. The van der Waals surface area contributed by atoms with Crippen molar-refractivity contribution in [2.75, 3.05) is 6.61 Å². The van der Waals surface area contributed by atoms with E-state index in [9.17, 15) is 40.2 Å². The summed E-state index contributed by atoms with van der Waals surface area (Å²) in [6.07, 6.45) is -7.70. The number of thiophene rings is 1. The average molecular weight is 631 g/mol. The van der Waals surface area contributed by atoms with Crippen molar-refractivity contribution in [1.29, 1.82) is 0 Å². The van der Waals surface area contributed by atoms with Crippen LogP contribution in [0.25, 0.3) is 43.6 Å². The first-order chi connectivity index (χ1) is 21.7. The summed E-state index contributed by atoms with van der Waals surface area (Å²) in [5.74, 6) is -1.39. The van der Waals surface area contributed by atoms with Crippen LogP contribution < -0.4 is 5.43 Å². The van der Waals surface area contributed by atoms with E-state index in [4.69, 9.17) is 4.74 Å². The molecule has 0 saturated carbocycles. The number of hydrogen-bond donors (Lipinski definition) is 8. The Morgan fingerprint density at radius 3 is 2.31 bits per heavy atom. The number of hydrogen-bond acceptors (Lipinski definition) is 11. The Balaban J connectivity index is 1.49. The topological polar surface area (TPSA) is 201 Å². The van der Waals surface area contributed by atoms with Gasteiger partial charge in [0, 0.05) is 38.6 Å². The molecule has 5 atom stereocenters. The van der Waals surface area contributed by atoms with Crippen molar-refractivity contribution in [3.63, 3.8) is 0 Å². The number of carbonyl (C=O) groups excluding carboxylic acids is 2. The Morgan fingerprint density at radius 2 is 1.60 bits per heavy atom. The van der Waals surface area contributed by atoms with Crippen molar-refractivity contribution >= 4 is 66.8 Å². The number of rotatable bonds is 5. The molecule has 1 saturated heterocycles. The number of aromatic hydroxyl groups is 2. The molecule has 3 aromatic carbocycles. The summed E-state index contributed by atoms with van der Waals surface area (Å²) < 4.78 is 7.48. The molecule has 8 rings (SSSR count). The van der Waals surface area contributed by atoms with Gasteiger partial charge >= 0.3 is 0 Å². The van der Waals surface area contributed by atoms with E-state index in [1.54, 1.807) is 12.1 Å². The predicted octanol–water partition coefficient (Wildman–Crippen LogP) is 2.17. The Hall–Kier alpha value is -4.54. The molecule has 13 nitrogen and oxygen atoms in total. The monoisotopic (exact) mass is 630 g/mol. The second-order valence-corrected chi connectivity index (χ2v) is 12.3. The van der Waals surface area contributed by atoms with Gasteiger partial charge in [0.1, 0.15) is 35.9 Å². The maximum absolute atomic E-state index is 14.2. The van der Waals surface area contributed by atoms with Crippen LogP contribution in [0, 0.1) is 0 Å². The molecule has 0 spiro atoms. The standard InChI is InChI=1S/C31H26N4O9S/c36-11-19-26(39)27(40)28(41)31(44-19)34-18-9-13(38)4-6-16(18)21-23-22(29(42)35(30(23)43)32-10-14-2-1-7-45-14)20-15-5-3-12(37)8-17(15)33-24(20)25(21)34/h1-9,19,26-28,31-33,36-41H,10-11H2. The fraction of sp³-hybridized carbons (Fsp3) is 0.226. The molecule has 45 heavy (non-hydrogen) atoms. The Bertz CT molecular complexity index is 2190. The van der Waals surface area contributed by atoms with E-state index < -0.39 is 49.1 Å². The van der Waals surface area contributed by atoms with Crippen molar-refractivity contribution in [1.82, 2.24) is 20.0 Å². The van der Waals surface area contributed by atoms with Gasteiger partial charge < -0.3 is 44.9 Å². The van der Waals surface area contributed by atoms with Gasteiger partial charge in [-0.05, 0) is 35.7 Å². The molecular weight excluding hydrogens is 604 g/mol. The number of fused-ring (bicyclic) bond motifs is 10. The highest BCUT2D eigenvalue weighted by Crippen LogP contribution is 2.47. The molecule has 2 aliphatic heterocycles. The van der Waals surface area contributed by atoms with E-state index >= 15 is 0 Å². The number of H-pyrrole nitrogens is 1. The zero-order valence-corrected chi connectivity index (χ0v) is 24.0. The van der Waals surface area contributed by atoms with E-state index in [1.807, 2.05) is 17.5 Å². The number of phenols is 2. The summed E-state index contributed by atoms with van der Waals surface area (Å²) in [7, 11) is 0. The molecule has 6 aromatic rings. The van der Waals surface area contributed by atoms with Crippen molar-refractivity contribution in [3.05, 3.63) is 69.9 Å². The number of aromatic amines is 1. The second kappa shape index (κ2) is 9.98. The minimum Gasteiger partial charge on any atom is -0.508 e. The Kier molecular flexibility index (Phi) is 6.21. The fourth-order valence-corrected chi connectivity index (χ4v) is 7.32. The van der Waals surface area contributed by atoms with Crippen LogP contribution in [0.15, 0.2) is 53.9 Å². The van der Waals surface area contributed by atoms with Gasteiger partial charge in [-0.25, -0.2) is 10.4 Å². The van der Waals surface area contributed by atoms with Crippen LogP contribution in [0.3, 0.4) is 0 Å². The number of aliphatic hydroxyl groups excluding tert-OH is 4. The summed E-state index contributed by atoms with van der Waals surface area (Å²) in [6, 6.07) is 12.7. The van der Waals surface area contributed by atoms with E-state index in [-0.39, 0.29) is 34.7 Å². The number of hydrazine groups is 1. The number of amides is 2. The van der Waals surface area contributed by atoms with Crippen LogP contribution in [0.1, 0.15) is 31.8 Å². The summed E-state index contributed by atoms with van der Waals surface area (Å²) in [6.45, 7) is -0.449. The Morgan fingerprint density at radius 1 is 0.889 bits per heavy atom. The van der Waals surface area contributed by atoms with Gasteiger partial charge in [-0.1, -0.05) is 6.07 Å². The highest BCUT2D eigenvalue weighted by Gasteiger charge is 2.47. The predicted molar refractivity (Wildman–Crippen MR) is 163 cm³/mol. The van der Waals surface area contributed by atoms with Crippen molar-refractivity contribution in [3.8, 4) is 11.5 Å². The van der Waals surface area contributed by atoms with E-state index in [0.717, 1.165) is 9.89 Å². The van der Waals surface area contributed by atoms with Gasteiger partial charge in [-0.3, -0.25) is 9.59 Å². The van der Waals surface area contributed by atoms with Crippen LogP contribution in [0.4, 0.5) is 0 Å². The molecule has 0 aliphatic carbocycles. The third-order valence-corrected chi connectivity index (χ3v) is 9.58. The van der Waals surface area contributed by atoms with Crippen molar-refractivity contribution < 1.29 is 45.0 Å². The lowest BCUT2D eigenvalue weighted by Gasteiger charge is -2.41. The number of aromatic nitrogens is 2. The van der Waals surface area contributed by atoms with Gasteiger partial charge in [-0.2, -0.15) is 0 Å². The fourth-order valence-electron chi connectivity index (χ4n) is 6.69. The van der Waals surface area contributed by atoms with Crippen LogP contribution in [0.2, 0.25) is 0 Å². The lowest BCUT2D eigenvalue weighted by molar-refractivity contribution is -0.249. The zero-order valence-electron chi connectivity index (χ0n) is 23.2. The zero-order chi connectivity index (χ0) is 31.3. The third-order valence-electron chi connectivity index (χ3n) is 8.70. The largest absolute Gasteiger partial charge is 0.508 e. The number of aliphatic hydroxyl groups is 4. The molecule has 3 aromatic heterocycles. The molecule has 0 bridgehead atoms. The molecule has 0 radical (unpaired) electrons. The Labute approximate surface area is 256 Å². The van der Waals surface area contributed by atoms with Crippen LogP contribution in [-0.4, -0.2) is 88.0 Å². The first-order valence-corrected chi connectivity index (χ1v) is 15.0. The average Bonchev–Trinajstić information content (AvgIpc) is 3.79. The number of benzene rings is 3. The summed E-state index contributed by atoms with van der Waals surface area (Å²) in [5.41, 5.74) is 4.57. The number of ether oxygens (including phenoxy) is 1. The van der Waals surface area contributed by atoms with Gasteiger partial charge in [0.25, 0.3) is 11.8 Å². The highest BCUT2D eigenvalue weighted by atomic mass is 32.1. The van der Waals surface area contributed by atoms with Gasteiger partial charge in [-0.15, -0.1) is 11.3 Å². The molecule has 230 valence electrons. The van der Waals surface area contributed by atoms with Crippen LogP contribution >= 0.6 is 11.3 Å².